The van der Waals surface area contributed by atoms with Crippen molar-refractivity contribution in [2.45, 2.75) is 6.54 Å². The lowest BCUT2D eigenvalue weighted by Gasteiger charge is -2.04. The monoisotopic (exact) mass is 258 g/mol. The van der Waals surface area contributed by atoms with E-state index in [1.165, 1.54) is 6.07 Å². The number of nitrogens with one attached hydrogen (secondary N) is 2. The number of hydrogen-bond acceptors (Lipinski definition) is 5. The summed E-state index contributed by atoms with van der Waals surface area (Å²) in [7, 11) is 0. The summed E-state index contributed by atoms with van der Waals surface area (Å²) in [6.45, 7) is 0.373. The Labute approximate surface area is 107 Å². The Morgan fingerprint density at radius 1 is 1.37 bits per heavy atom. The van der Waals surface area contributed by atoms with E-state index in [2.05, 4.69) is 15.5 Å². The molecule has 0 saturated carbocycles. The number of nitro groups is 1. The first kappa shape index (κ1) is 11.3. The number of aromatic amines is 1. The third kappa shape index (κ3) is 2.13. The van der Waals surface area contributed by atoms with Gasteiger partial charge in [0.2, 0.25) is 0 Å². The maximum atomic E-state index is 10.5. The Morgan fingerprint density at radius 3 is 3.05 bits per heavy atom. The fourth-order valence-electron chi connectivity index (χ4n) is 1.86. The first-order chi connectivity index (χ1) is 9.24. The van der Waals surface area contributed by atoms with Crippen LogP contribution in [0.4, 0.5) is 11.6 Å². The van der Waals surface area contributed by atoms with Crippen LogP contribution in [-0.4, -0.2) is 15.1 Å². The summed E-state index contributed by atoms with van der Waals surface area (Å²) in [5, 5.41) is 21.5. The summed E-state index contributed by atoms with van der Waals surface area (Å²) >= 11 is 0. The number of hydrogen-bond donors (Lipinski definition) is 2. The van der Waals surface area contributed by atoms with Crippen molar-refractivity contribution in [3.63, 3.8) is 0 Å². The van der Waals surface area contributed by atoms with Crippen LogP contribution in [0.15, 0.2) is 40.9 Å². The van der Waals surface area contributed by atoms with Crippen LogP contribution in [-0.2, 0) is 6.54 Å². The van der Waals surface area contributed by atoms with Gasteiger partial charge >= 0.3 is 5.88 Å². The number of furan rings is 1. The largest absolute Gasteiger partial charge is 0.433 e. The summed E-state index contributed by atoms with van der Waals surface area (Å²) in [6.07, 6.45) is 1.72. The van der Waals surface area contributed by atoms with Crippen molar-refractivity contribution in [1.82, 2.24) is 10.2 Å². The van der Waals surface area contributed by atoms with Gasteiger partial charge in [-0.3, -0.25) is 15.2 Å². The van der Waals surface area contributed by atoms with Crippen molar-refractivity contribution < 1.29 is 9.34 Å². The van der Waals surface area contributed by atoms with Gasteiger partial charge in [-0.15, -0.1) is 0 Å². The standard InChI is InChI=1S/C12H10N4O3/c17-16(18)12-5-4-8(19-12)6-13-10-2-1-3-11-9(10)7-14-15-11/h1-5,7,13H,6H2,(H,14,15). The Balaban J connectivity index is 1.78. The molecule has 7 heteroatoms. The SMILES string of the molecule is O=[N+]([O-])c1ccc(CNc2cccc3[nH]ncc23)o1. The van der Waals surface area contributed by atoms with Gasteiger partial charge in [0, 0.05) is 11.1 Å². The van der Waals surface area contributed by atoms with E-state index in [0.29, 0.717) is 12.3 Å². The van der Waals surface area contributed by atoms with Gasteiger partial charge < -0.3 is 9.73 Å². The quantitative estimate of drug-likeness (QED) is 0.554. The number of nitrogens with zero attached hydrogens (tertiary/aromatic N) is 2. The lowest BCUT2D eigenvalue weighted by molar-refractivity contribution is -0.402. The predicted molar refractivity (Wildman–Crippen MR) is 68.8 cm³/mol. The predicted octanol–water partition coefficient (Wildman–Crippen LogP) is 2.68. The lowest BCUT2D eigenvalue weighted by atomic mass is 10.2. The molecule has 0 spiro atoms. The number of anilines is 1. The number of aromatic nitrogens is 2. The van der Waals surface area contributed by atoms with Crippen molar-refractivity contribution in [2.24, 2.45) is 0 Å². The van der Waals surface area contributed by atoms with E-state index in [-0.39, 0.29) is 5.88 Å². The molecule has 96 valence electrons. The highest BCUT2D eigenvalue weighted by Crippen LogP contribution is 2.22. The van der Waals surface area contributed by atoms with Crippen LogP contribution < -0.4 is 5.32 Å². The van der Waals surface area contributed by atoms with E-state index in [0.717, 1.165) is 16.6 Å². The summed E-state index contributed by atoms with van der Waals surface area (Å²) in [5.41, 5.74) is 1.82. The molecule has 1 aromatic carbocycles. The highest BCUT2D eigenvalue weighted by molar-refractivity contribution is 5.90. The number of fused-ring (bicyclic) bond motifs is 1. The fourth-order valence-corrected chi connectivity index (χ4v) is 1.86. The zero-order chi connectivity index (χ0) is 13.2. The molecule has 0 bridgehead atoms. The lowest BCUT2D eigenvalue weighted by Crippen LogP contribution is -1.98. The smallest absolute Gasteiger partial charge is 0.404 e. The van der Waals surface area contributed by atoms with Gasteiger partial charge in [0.05, 0.1) is 24.3 Å². The second kappa shape index (κ2) is 4.45. The normalized spacial score (nSPS) is 10.7. The highest BCUT2D eigenvalue weighted by atomic mass is 16.6. The second-order valence-electron chi connectivity index (χ2n) is 3.99. The average molecular weight is 258 g/mol. The van der Waals surface area contributed by atoms with Crippen LogP contribution in [0.2, 0.25) is 0 Å². The zero-order valence-electron chi connectivity index (χ0n) is 9.79. The van der Waals surface area contributed by atoms with Gasteiger partial charge in [-0.05, 0) is 18.2 Å². The Bertz CT molecular complexity index is 731. The van der Waals surface area contributed by atoms with Crippen LogP contribution in [0.25, 0.3) is 10.9 Å². The molecule has 2 heterocycles. The first-order valence-electron chi connectivity index (χ1n) is 5.63. The molecule has 0 aliphatic heterocycles. The minimum absolute atomic E-state index is 0.252. The van der Waals surface area contributed by atoms with E-state index in [1.54, 1.807) is 12.3 Å². The molecule has 0 aliphatic rings. The van der Waals surface area contributed by atoms with E-state index >= 15 is 0 Å². The molecule has 7 nitrogen and oxygen atoms in total. The van der Waals surface area contributed by atoms with E-state index in [9.17, 15) is 10.1 Å². The van der Waals surface area contributed by atoms with Crippen molar-refractivity contribution in [3.8, 4) is 0 Å². The van der Waals surface area contributed by atoms with Crippen molar-refractivity contribution in [2.75, 3.05) is 5.32 Å². The van der Waals surface area contributed by atoms with Gasteiger partial charge in [0.25, 0.3) is 0 Å². The van der Waals surface area contributed by atoms with Gasteiger partial charge in [0.15, 0.2) is 0 Å². The van der Waals surface area contributed by atoms with Crippen LogP contribution in [0, 0.1) is 10.1 Å². The third-order valence-corrected chi connectivity index (χ3v) is 2.77. The minimum atomic E-state index is -0.555. The Morgan fingerprint density at radius 2 is 2.26 bits per heavy atom. The molecule has 2 N–H and O–H groups in total. The van der Waals surface area contributed by atoms with Crippen LogP contribution >= 0.6 is 0 Å². The Kier molecular flexibility index (Phi) is 2.64. The molecular weight excluding hydrogens is 248 g/mol. The van der Waals surface area contributed by atoms with Gasteiger partial charge in [-0.2, -0.15) is 5.10 Å². The number of benzene rings is 1. The van der Waals surface area contributed by atoms with E-state index < -0.39 is 4.92 Å². The maximum absolute atomic E-state index is 10.5. The van der Waals surface area contributed by atoms with Crippen molar-refractivity contribution >= 4 is 22.5 Å². The molecule has 2 aromatic heterocycles. The molecule has 0 amide bonds. The molecule has 0 unspecified atom stereocenters. The highest BCUT2D eigenvalue weighted by Gasteiger charge is 2.11. The third-order valence-electron chi connectivity index (χ3n) is 2.77. The molecule has 0 radical (unpaired) electrons. The second-order valence-corrected chi connectivity index (χ2v) is 3.99. The molecule has 3 rings (SSSR count). The summed E-state index contributed by atoms with van der Waals surface area (Å²) in [6, 6.07) is 8.66. The number of rotatable bonds is 4. The Hall–Kier alpha value is -2.83. The zero-order valence-corrected chi connectivity index (χ0v) is 9.79. The molecule has 19 heavy (non-hydrogen) atoms. The van der Waals surface area contributed by atoms with Gasteiger partial charge in [-0.1, -0.05) is 6.07 Å². The summed E-state index contributed by atoms with van der Waals surface area (Å²) in [4.78, 5) is 9.95. The molecule has 3 aromatic rings. The van der Waals surface area contributed by atoms with Gasteiger partial charge in [0.1, 0.15) is 10.7 Å². The summed E-state index contributed by atoms with van der Waals surface area (Å²) < 4.78 is 5.08. The van der Waals surface area contributed by atoms with Crippen LogP contribution in [0.3, 0.4) is 0 Å². The van der Waals surface area contributed by atoms with E-state index in [4.69, 9.17) is 4.42 Å². The molecular formula is C12H10N4O3. The van der Waals surface area contributed by atoms with E-state index in [1.807, 2.05) is 18.2 Å². The van der Waals surface area contributed by atoms with Gasteiger partial charge in [-0.25, -0.2) is 0 Å². The molecule has 0 aliphatic carbocycles. The molecule has 0 fully saturated rings. The van der Waals surface area contributed by atoms with Crippen molar-refractivity contribution in [1.29, 1.82) is 0 Å². The fraction of sp³-hybridized carbons (Fsp3) is 0.0833. The molecule has 0 saturated heterocycles. The first-order valence-corrected chi connectivity index (χ1v) is 5.63. The minimum Gasteiger partial charge on any atom is -0.404 e. The van der Waals surface area contributed by atoms with Crippen molar-refractivity contribution in [3.05, 3.63) is 52.4 Å². The summed E-state index contributed by atoms with van der Waals surface area (Å²) in [5.74, 6) is 0.255. The molecule has 0 atom stereocenters. The number of H-pyrrole nitrogens is 1. The van der Waals surface area contributed by atoms with Crippen LogP contribution in [0.1, 0.15) is 5.76 Å². The average Bonchev–Trinajstić information content (AvgIpc) is 3.05. The topological polar surface area (TPSA) is 97.0 Å². The van der Waals surface area contributed by atoms with Crippen LogP contribution in [0.5, 0.6) is 0 Å². The maximum Gasteiger partial charge on any atom is 0.433 e.